The Kier molecular flexibility index (Phi) is 5.35. The Labute approximate surface area is 137 Å². The summed E-state index contributed by atoms with van der Waals surface area (Å²) < 4.78 is 39.7. The maximum absolute atomic E-state index is 12.9. The highest BCUT2D eigenvalue weighted by atomic mass is 19.4. The van der Waals surface area contributed by atoms with Gasteiger partial charge in [-0.25, -0.2) is 4.79 Å². The Hall–Kier alpha value is -2.26. The fourth-order valence-electron chi connectivity index (χ4n) is 2.46. The van der Waals surface area contributed by atoms with Gasteiger partial charge in [-0.05, 0) is 18.9 Å². The Morgan fingerprint density at radius 1 is 1.50 bits per heavy atom. The van der Waals surface area contributed by atoms with Crippen LogP contribution in [0.25, 0.3) is 0 Å². The number of carbonyl (C=O) groups excluding carboxylic acids is 2. The van der Waals surface area contributed by atoms with Crippen molar-refractivity contribution in [2.75, 3.05) is 26.2 Å². The van der Waals surface area contributed by atoms with Gasteiger partial charge in [0.2, 0.25) is 5.91 Å². The molecule has 0 aromatic carbocycles. The number of alkyl halides is 3. The van der Waals surface area contributed by atoms with E-state index in [1.165, 1.54) is 11.8 Å². The van der Waals surface area contributed by atoms with Gasteiger partial charge in [-0.1, -0.05) is 6.92 Å². The monoisotopic (exact) mass is 347 g/mol. The van der Waals surface area contributed by atoms with Crippen molar-refractivity contribution in [3.8, 4) is 0 Å². The van der Waals surface area contributed by atoms with Crippen molar-refractivity contribution >= 4 is 11.9 Å². The van der Waals surface area contributed by atoms with Gasteiger partial charge in [0.1, 0.15) is 12.2 Å². The summed E-state index contributed by atoms with van der Waals surface area (Å²) in [6.07, 6.45) is -4.47. The molecule has 1 saturated heterocycles. The molecule has 0 aliphatic carbocycles. The highest BCUT2D eigenvalue weighted by Gasteiger charge is 2.35. The molecule has 134 valence electrons. The summed E-state index contributed by atoms with van der Waals surface area (Å²) in [6, 6.07) is 0.599. The van der Waals surface area contributed by atoms with E-state index in [1.54, 1.807) is 6.92 Å². The normalized spacial score (nSPS) is 16.7. The summed E-state index contributed by atoms with van der Waals surface area (Å²) >= 11 is 0. The molecule has 1 aliphatic rings. The van der Waals surface area contributed by atoms with Gasteiger partial charge < -0.3 is 15.5 Å². The largest absolute Gasteiger partial charge is 0.433 e. The quantitative estimate of drug-likeness (QED) is 0.852. The predicted molar refractivity (Wildman–Crippen MR) is 79.1 cm³/mol. The van der Waals surface area contributed by atoms with Crippen molar-refractivity contribution in [1.82, 2.24) is 25.3 Å². The number of hydrogen-bond donors (Lipinski definition) is 2. The van der Waals surface area contributed by atoms with Crippen LogP contribution in [0.5, 0.6) is 0 Å². The van der Waals surface area contributed by atoms with Gasteiger partial charge in [0.15, 0.2) is 0 Å². The van der Waals surface area contributed by atoms with Gasteiger partial charge in [0.25, 0.3) is 0 Å². The van der Waals surface area contributed by atoms with Crippen molar-refractivity contribution in [2.24, 2.45) is 5.92 Å². The molecule has 0 radical (unpaired) electrons. The number of hydrogen-bond acceptors (Lipinski definition) is 3. The maximum Gasteiger partial charge on any atom is 0.433 e. The number of nitrogens with zero attached hydrogens (tertiary/aromatic N) is 3. The van der Waals surface area contributed by atoms with Crippen LogP contribution >= 0.6 is 0 Å². The van der Waals surface area contributed by atoms with Crippen molar-refractivity contribution in [3.05, 3.63) is 17.5 Å². The highest BCUT2D eigenvalue weighted by molar-refractivity contribution is 5.85. The number of aryl methyl sites for hydroxylation is 1. The van der Waals surface area contributed by atoms with Crippen LogP contribution in [0.3, 0.4) is 0 Å². The maximum atomic E-state index is 12.9. The van der Waals surface area contributed by atoms with Crippen molar-refractivity contribution in [3.63, 3.8) is 0 Å². The van der Waals surface area contributed by atoms with E-state index >= 15 is 0 Å². The SMILES string of the molecule is Cc1cc(C(F)(F)F)n(C[C@H](C)CNC(=O)N2CCNC(=O)C2)n1. The standard InChI is InChI=1S/C14H20F3N5O2/c1-9(6-19-13(24)21-4-3-18-12(23)8-21)7-22-11(14(15,16)17)5-10(2)20-22/h5,9H,3-4,6-8H2,1-2H3,(H,18,23)(H,19,24)/t9-/m1/s1. The molecule has 0 bridgehead atoms. The zero-order valence-electron chi connectivity index (χ0n) is 13.5. The summed E-state index contributed by atoms with van der Waals surface area (Å²) in [5, 5.41) is 9.12. The average molecular weight is 347 g/mol. The molecule has 1 aromatic rings. The van der Waals surface area contributed by atoms with E-state index in [9.17, 15) is 22.8 Å². The number of piperazine rings is 1. The average Bonchev–Trinajstić information content (AvgIpc) is 2.85. The smallest absolute Gasteiger partial charge is 0.353 e. The number of carbonyl (C=O) groups is 2. The molecule has 0 spiro atoms. The van der Waals surface area contributed by atoms with Crippen LogP contribution in [-0.2, 0) is 17.5 Å². The summed E-state index contributed by atoms with van der Waals surface area (Å²) in [7, 11) is 0. The van der Waals surface area contributed by atoms with E-state index < -0.39 is 17.9 Å². The van der Waals surface area contributed by atoms with E-state index in [2.05, 4.69) is 15.7 Å². The molecule has 24 heavy (non-hydrogen) atoms. The third kappa shape index (κ3) is 4.62. The molecule has 0 unspecified atom stereocenters. The van der Waals surface area contributed by atoms with Crippen LogP contribution in [0.4, 0.5) is 18.0 Å². The molecule has 10 heteroatoms. The number of nitrogens with one attached hydrogen (secondary N) is 2. The van der Waals surface area contributed by atoms with E-state index in [0.29, 0.717) is 13.1 Å². The molecule has 3 amide bonds. The Balaban J connectivity index is 1.88. The second-order valence-electron chi connectivity index (χ2n) is 5.91. The predicted octanol–water partition coefficient (Wildman–Crippen LogP) is 0.988. The minimum absolute atomic E-state index is 0.0171. The van der Waals surface area contributed by atoms with E-state index in [0.717, 1.165) is 10.7 Å². The fraction of sp³-hybridized carbons (Fsp3) is 0.643. The lowest BCUT2D eigenvalue weighted by molar-refractivity contribution is -0.144. The first-order chi connectivity index (χ1) is 11.2. The van der Waals surface area contributed by atoms with Crippen LogP contribution in [0.15, 0.2) is 6.07 Å². The zero-order chi connectivity index (χ0) is 17.9. The van der Waals surface area contributed by atoms with Crippen LogP contribution in [0.2, 0.25) is 0 Å². The molecular formula is C14H20F3N5O2. The lowest BCUT2D eigenvalue weighted by Gasteiger charge is -2.27. The van der Waals surface area contributed by atoms with Crippen LogP contribution in [-0.4, -0.2) is 52.8 Å². The third-order valence-corrected chi connectivity index (χ3v) is 3.60. The number of rotatable bonds is 4. The number of amides is 3. The number of aromatic nitrogens is 2. The van der Waals surface area contributed by atoms with Gasteiger partial charge in [-0.2, -0.15) is 18.3 Å². The first-order valence-electron chi connectivity index (χ1n) is 7.58. The van der Waals surface area contributed by atoms with Gasteiger partial charge >= 0.3 is 12.2 Å². The molecule has 2 heterocycles. The molecular weight excluding hydrogens is 327 g/mol. The molecule has 1 aliphatic heterocycles. The summed E-state index contributed by atoms with van der Waals surface area (Å²) in [6.45, 7) is 4.22. The van der Waals surface area contributed by atoms with Crippen LogP contribution in [0, 0.1) is 12.8 Å². The van der Waals surface area contributed by atoms with Crippen molar-refractivity contribution in [2.45, 2.75) is 26.6 Å². The first-order valence-corrected chi connectivity index (χ1v) is 7.58. The second kappa shape index (κ2) is 7.10. The minimum atomic E-state index is -4.47. The molecule has 7 nitrogen and oxygen atoms in total. The van der Waals surface area contributed by atoms with Gasteiger partial charge in [0.05, 0.1) is 5.69 Å². The lowest BCUT2D eigenvalue weighted by atomic mass is 10.2. The Morgan fingerprint density at radius 3 is 2.83 bits per heavy atom. The Bertz CT molecular complexity index is 614. The van der Waals surface area contributed by atoms with E-state index in [1.807, 2.05) is 0 Å². The molecule has 0 saturated carbocycles. The molecule has 1 atom stereocenters. The topological polar surface area (TPSA) is 79.3 Å². The minimum Gasteiger partial charge on any atom is -0.353 e. The van der Waals surface area contributed by atoms with E-state index in [4.69, 9.17) is 0 Å². The lowest BCUT2D eigenvalue weighted by Crippen LogP contribution is -2.53. The summed E-state index contributed by atoms with van der Waals surface area (Å²) in [5.74, 6) is -0.487. The van der Waals surface area contributed by atoms with Gasteiger partial charge in [0, 0.05) is 26.2 Å². The van der Waals surface area contributed by atoms with E-state index in [-0.39, 0.29) is 37.2 Å². The number of halogens is 3. The fourth-order valence-corrected chi connectivity index (χ4v) is 2.46. The molecule has 1 fully saturated rings. The van der Waals surface area contributed by atoms with Gasteiger partial charge in [-0.3, -0.25) is 9.48 Å². The first kappa shape index (κ1) is 18.1. The molecule has 2 N–H and O–H groups in total. The molecule has 2 rings (SSSR count). The van der Waals surface area contributed by atoms with Crippen molar-refractivity contribution < 1.29 is 22.8 Å². The molecule has 1 aromatic heterocycles. The van der Waals surface area contributed by atoms with Crippen LogP contribution in [0.1, 0.15) is 18.3 Å². The van der Waals surface area contributed by atoms with Gasteiger partial charge in [-0.15, -0.1) is 0 Å². The summed E-state index contributed by atoms with van der Waals surface area (Å²) in [5.41, 5.74) is -0.510. The van der Waals surface area contributed by atoms with Crippen LogP contribution < -0.4 is 10.6 Å². The second-order valence-corrected chi connectivity index (χ2v) is 5.91. The highest BCUT2D eigenvalue weighted by Crippen LogP contribution is 2.30. The summed E-state index contributed by atoms with van der Waals surface area (Å²) in [4.78, 5) is 24.6. The number of urea groups is 1. The Morgan fingerprint density at radius 2 is 2.21 bits per heavy atom. The zero-order valence-corrected chi connectivity index (χ0v) is 13.5. The van der Waals surface area contributed by atoms with Crippen molar-refractivity contribution in [1.29, 1.82) is 0 Å². The third-order valence-electron chi connectivity index (χ3n) is 3.60.